The number of aliphatic hydroxyl groups excluding tert-OH is 1. The number of nitrogens with zero attached hydrogens (tertiary/aromatic N) is 1. The van der Waals surface area contributed by atoms with Gasteiger partial charge in [-0.3, -0.25) is 9.59 Å². The van der Waals surface area contributed by atoms with Crippen molar-refractivity contribution in [3.8, 4) is 11.5 Å². The van der Waals surface area contributed by atoms with E-state index in [9.17, 15) is 14.7 Å². The number of ketones is 1. The second-order valence-electron chi connectivity index (χ2n) is 8.94. The first-order chi connectivity index (χ1) is 16.4. The minimum atomic E-state index is -0.683. The average Bonchev–Trinajstić information content (AvgIpc) is 3.08. The summed E-state index contributed by atoms with van der Waals surface area (Å²) in [5, 5.41) is 11.3. The van der Waals surface area contributed by atoms with Crippen molar-refractivity contribution >= 4 is 17.4 Å². The average molecular weight is 466 g/mol. The second kappa shape index (κ2) is 11.7. The summed E-state index contributed by atoms with van der Waals surface area (Å²) in [6, 6.07) is 13.7. The van der Waals surface area contributed by atoms with Crippen LogP contribution < -0.4 is 9.47 Å². The van der Waals surface area contributed by atoms with Gasteiger partial charge in [0.05, 0.1) is 24.8 Å². The SMILES string of the molecule is CCCCCN1C(=O)C(=O)/C(=C(\O)c2cccc(OCC(C)C)c2)C1c1cccc(OCC)c1. The predicted molar refractivity (Wildman–Crippen MR) is 133 cm³/mol. The molecule has 1 N–H and O–H groups in total. The van der Waals surface area contributed by atoms with Gasteiger partial charge in [-0.05, 0) is 49.1 Å². The fraction of sp³-hybridized carbons (Fsp3) is 0.429. The zero-order chi connectivity index (χ0) is 24.7. The van der Waals surface area contributed by atoms with Gasteiger partial charge in [0, 0.05) is 12.1 Å². The van der Waals surface area contributed by atoms with E-state index in [1.54, 1.807) is 23.1 Å². The molecule has 0 radical (unpaired) electrons. The molecule has 1 aliphatic rings. The second-order valence-corrected chi connectivity index (χ2v) is 8.94. The first-order valence-electron chi connectivity index (χ1n) is 12.1. The number of aliphatic hydroxyl groups is 1. The van der Waals surface area contributed by atoms with Crippen LogP contribution in [0.3, 0.4) is 0 Å². The molecular formula is C28H35NO5. The number of unbranched alkanes of at least 4 members (excludes halogenated alkanes) is 2. The van der Waals surface area contributed by atoms with E-state index in [1.807, 2.05) is 37.3 Å². The third-order valence-corrected chi connectivity index (χ3v) is 5.72. The van der Waals surface area contributed by atoms with Crippen LogP contribution in [0.15, 0.2) is 54.1 Å². The largest absolute Gasteiger partial charge is 0.507 e. The molecule has 6 nitrogen and oxygen atoms in total. The molecule has 1 atom stereocenters. The lowest BCUT2D eigenvalue weighted by Gasteiger charge is -2.25. The molecule has 1 unspecified atom stereocenters. The first kappa shape index (κ1) is 25.3. The highest BCUT2D eigenvalue weighted by molar-refractivity contribution is 6.46. The van der Waals surface area contributed by atoms with Crippen LogP contribution in [0.5, 0.6) is 11.5 Å². The van der Waals surface area contributed by atoms with Crippen LogP contribution in [0.1, 0.15) is 64.1 Å². The summed E-state index contributed by atoms with van der Waals surface area (Å²) in [4.78, 5) is 27.8. The Morgan fingerprint density at radius 2 is 1.71 bits per heavy atom. The summed E-state index contributed by atoms with van der Waals surface area (Å²) in [6.45, 7) is 9.58. The van der Waals surface area contributed by atoms with Crippen molar-refractivity contribution in [1.29, 1.82) is 0 Å². The molecule has 1 aliphatic heterocycles. The maximum atomic E-state index is 13.2. The molecule has 0 aromatic heterocycles. The summed E-state index contributed by atoms with van der Waals surface area (Å²) in [5.74, 6) is 0.153. The fourth-order valence-electron chi connectivity index (χ4n) is 4.08. The van der Waals surface area contributed by atoms with Gasteiger partial charge in [0.15, 0.2) is 0 Å². The molecule has 2 aromatic carbocycles. The molecule has 6 heteroatoms. The number of likely N-dealkylation sites (tertiary alicyclic amines) is 1. The molecule has 0 aliphatic carbocycles. The number of hydrogen-bond donors (Lipinski definition) is 1. The van der Waals surface area contributed by atoms with E-state index >= 15 is 0 Å². The molecule has 182 valence electrons. The van der Waals surface area contributed by atoms with Crippen LogP contribution >= 0.6 is 0 Å². The normalized spacial score (nSPS) is 17.4. The lowest BCUT2D eigenvalue weighted by molar-refractivity contribution is -0.139. The molecule has 3 rings (SSSR count). The van der Waals surface area contributed by atoms with Gasteiger partial charge < -0.3 is 19.5 Å². The molecular weight excluding hydrogens is 430 g/mol. The Morgan fingerprint density at radius 1 is 1.00 bits per heavy atom. The predicted octanol–water partition coefficient (Wildman–Crippen LogP) is 5.73. The molecule has 1 fully saturated rings. The number of carbonyl (C=O) groups excluding carboxylic acids is 2. The van der Waals surface area contributed by atoms with Crippen molar-refractivity contribution in [3.05, 3.63) is 65.2 Å². The highest BCUT2D eigenvalue weighted by Crippen LogP contribution is 2.40. The van der Waals surface area contributed by atoms with Crippen molar-refractivity contribution < 1.29 is 24.2 Å². The van der Waals surface area contributed by atoms with Crippen molar-refractivity contribution in [2.24, 2.45) is 5.92 Å². The molecule has 2 aromatic rings. The van der Waals surface area contributed by atoms with Crippen molar-refractivity contribution in [2.75, 3.05) is 19.8 Å². The Labute approximate surface area is 202 Å². The Balaban J connectivity index is 2.07. The Kier molecular flexibility index (Phi) is 8.74. The van der Waals surface area contributed by atoms with Crippen LogP contribution in [0.4, 0.5) is 0 Å². The number of rotatable bonds is 11. The lowest BCUT2D eigenvalue weighted by atomic mass is 9.95. The summed E-state index contributed by atoms with van der Waals surface area (Å²) in [6.07, 6.45) is 2.73. The number of benzene rings is 2. The number of Topliss-reactive ketones (excluding diaryl/α,β-unsaturated/α-hetero) is 1. The molecule has 1 saturated heterocycles. The van der Waals surface area contributed by atoms with E-state index in [0.717, 1.165) is 24.8 Å². The van der Waals surface area contributed by atoms with E-state index in [-0.39, 0.29) is 11.3 Å². The maximum Gasteiger partial charge on any atom is 0.295 e. The van der Waals surface area contributed by atoms with E-state index < -0.39 is 17.7 Å². The molecule has 0 saturated carbocycles. The quantitative estimate of drug-likeness (QED) is 0.198. The topological polar surface area (TPSA) is 76.1 Å². The van der Waals surface area contributed by atoms with Crippen LogP contribution in [0.2, 0.25) is 0 Å². The first-order valence-corrected chi connectivity index (χ1v) is 12.1. The molecule has 1 heterocycles. The van der Waals surface area contributed by atoms with Gasteiger partial charge >= 0.3 is 0 Å². The molecule has 0 bridgehead atoms. The standard InChI is InChI=1S/C28H35NO5/c1-5-7-8-15-29-25(20-11-9-13-22(16-20)33-6-2)24(27(31)28(29)32)26(30)21-12-10-14-23(17-21)34-18-19(3)4/h9-14,16-17,19,25,30H,5-8,15,18H2,1-4H3/b26-24-. The van der Waals surface area contributed by atoms with Gasteiger partial charge in [-0.2, -0.15) is 0 Å². The van der Waals surface area contributed by atoms with E-state index in [4.69, 9.17) is 9.47 Å². The van der Waals surface area contributed by atoms with Gasteiger partial charge in [-0.15, -0.1) is 0 Å². The van der Waals surface area contributed by atoms with E-state index in [2.05, 4.69) is 20.8 Å². The van der Waals surface area contributed by atoms with Gasteiger partial charge in [-0.1, -0.05) is 57.9 Å². The highest BCUT2D eigenvalue weighted by atomic mass is 16.5. The fourth-order valence-corrected chi connectivity index (χ4v) is 4.08. The van der Waals surface area contributed by atoms with Crippen LogP contribution in [-0.2, 0) is 9.59 Å². The molecule has 0 spiro atoms. The van der Waals surface area contributed by atoms with Gasteiger partial charge in [0.2, 0.25) is 0 Å². The summed E-state index contributed by atoms with van der Waals surface area (Å²) in [5.41, 5.74) is 1.27. The monoisotopic (exact) mass is 465 g/mol. The minimum absolute atomic E-state index is 0.0937. The number of carbonyl (C=O) groups is 2. The maximum absolute atomic E-state index is 13.2. The lowest BCUT2D eigenvalue weighted by Crippen LogP contribution is -2.30. The number of hydrogen-bond acceptors (Lipinski definition) is 5. The number of amides is 1. The summed E-state index contributed by atoms with van der Waals surface area (Å²) in [7, 11) is 0. The van der Waals surface area contributed by atoms with E-state index in [0.29, 0.717) is 42.7 Å². The van der Waals surface area contributed by atoms with Gasteiger partial charge in [0.25, 0.3) is 11.7 Å². The Morgan fingerprint density at radius 3 is 2.38 bits per heavy atom. The Hall–Kier alpha value is -3.28. The third kappa shape index (κ3) is 5.79. The van der Waals surface area contributed by atoms with Crippen LogP contribution in [0.25, 0.3) is 5.76 Å². The zero-order valence-electron chi connectivity index (χ0n) is 20.5. The number of ether oxygens (including phenoxy) is 2. The summed E-state index contributed by atoms with van der Waals surface area (Å²) >= 11 is 0. The third-order valence-electron chi connectivity index (χ3n) is 5.72. The van der Waals surface area contributed by atoms with Crippen LogP contribution in [0, 0.1) is 5.92 Å². The minimum Gasteiger partial charge on any atom is -0.507 e. The summed E-state index contributed by atoms with van der Waals surface area (Å²) < 4.78 is 11.4. The van der Waals surface area contributed by atoms with Crippen molar-refractivity contribution in [1.82, 2.24) is 4.90 Å². The van der Waals surface area contributed by atoms with E-state index in [1.165, 1.54) is 0 Å². The molecule has 34 heavy (non-hydrogen) atoms. The highest BCUT2D eigenvalue weighted by Gasteiger charge is 2.45. The van der Waals surface area contributed by atoms with Crippen LogP contribution in [-0.4, -0.2) is 41.5 Å². The molecule has 1 amide bonds. The smallest absolute Gasteiger partial charge is 0.295 e. The Bertz CT molecular complexity index is 1040. The van der Waals surface area contributed by atoms with Crippen molar-refractivity contribution in [2.45, 2.75) is 53.0 Å². The van der Waals surface area contributed by atoms with Gasteiger partial charge in [-0.25, -0.2) is 0 Å². The zero-order valence-corrected chi connectivity index (χ0v) is 20.5. The van der Waals surface area contributed by atoms with Gasteiger partial charge in [0.1, 0.15) is 17.3 Å². The van der Waals surface area contributed by atoms with Crippen molar-refractivity contribution in [3.63, 3.8) is 0 Å².